The number of carboxylic acids is 3. The fourth-order valence-corrected chi connectivity index (χ4v) is 10.3. The quantitative estimate of drug-likeness (QED) is 0.0176. The van der Waals surface area contributed by atoms with Crippen LogP contribution in [0.25, 0.3) is 0 Å². The van der Waals surface area contributed by atoms with E-state index in [1.54, 1.807) is 33.8 Å². The minimum absolute atomic E-state index is 0.0128. The summed E-state index contributed by atoms with van der Waals surface area (Å²) < 4.78 is 0. The fraction of sp³-hybridized carbons (Fsp3) is 0.533. The third-order valence-corrected chi connectivity index (χ3v) is 15.2. The van der Waals surface area contributed by atoms with Crippen LogP contribution in [0.4, 0.5) is 10.5 Å². The van der Waals surface area contributed by atoms with Gasteiger partial charge in [0.05, 0.1) is 25.6 Å². The molecule has 476 valence electrons. The van der Waals surface area contributed by atoms with Crippen molar-refractivity contribution in [3.63, 3.8) is 0 Å². The molecule has 27 heteroatoms. The summed E-state index contributed by atoms with van der Waals surface area (Å²) in [7, 11) is 0. The number of aromatic hydroxyl groups is 1. The Kier molecular flexibility index (Phi) is 30.4. The Labute approximate surface area is 507 Å². The molecule has 1 aliphatic carbocycles. The number of nitrogens with two attached hydrogens (primary N) is 1. The molecule has 27 nitrogen and oxygen atoms in total. The molecular weight excluding hydrogens is 1120 g/mol. The molecule has 1 aliphatic heterocycles. The molecule has 2 fully saturated rings. The average Bonchev–Trinajstić information content (AvgIpc) is 3.51. The Bertz CT molecular complexity index is 2670. The van der Waals surface area contributed by atoms with Crippen molar-refractivity contribution in [2.75, 3.05) is 117 Å². The number of hydrogen-bond acceptors (Lipinski definition) is 17. The molecule has 5 rings (SSSR count). The van der Waals surface area contributed by atoms with E-state index < -0.39 is 53.9 Å². The fourth-order valence-electron chi connectivity index (χ4n) is 10.3. The van der Waals surface area contributed by atoms with E-state index in [4.69, 9.17) is 5.73 Å². The monoisotopic (exact) mass is 1210 g/mol. The summed E-state index contributed by atoms with van der Waals surface area (Å²) in [6.45, 7) is 5.36. The summed E-state index contributed by atoms with van der Waals surface area (Å²) in [4.78, 5) is 124. The summed E-state index contributed by atoms with van der Waals surface area (Å²) in [6, 6.07) is 21.4. The number of aliphatic imine (C=N–C) groups is 1. The van der Waals surface area contributed by atoms with Crippen LogP contribution in [0.3, 0.4) is 0 Å². The van der Waals surface area contributed by atoms with Crippen LogP contribution >= 0.6 is 0 Å². The first kappa shape index (κ1) is 69.5. The first-order valence-corrected chi connectivity index (χ1v) is 29.8. The number of carboxylic acid groups (broad SMARTS) is 3. The van der Waals surface area contributed by atoms with Crippen molar-refractivity contribution in [3.05, 3.63) is 95.6 Å². The molecule has 2 aliphatic rings. The van der Waals surface area contributed by atoms with Crippen LogP contribution in [0.2, 0.25) is 0 Å². The molecule has 0 aromatic heterocycles. The van der Waals surface area contributed by atoms with E-state index >= 15 is 0 Å². The number of carbonyl (C=O) groups excluding carboxylic acids is 6. The zero-order valence-corrected chi connectivity index (χ0v) is 49.6. The van der Waals surface area contributed by atoms with Gasteiger partial charge in [-0.25, -0.2) is 4.79 Å². The summed E-state index contributed by atoms with van der Waals surface area (Å²) in [6.07, 6.45) is 4.40. The Balaban J connectivity index is 1.09. The number of nitrogens with one attached hydrogen (secondary N) is 8. The van der Waals surface area contributed by atoms with E-state index in [1.165, 1.54) is 12.1 Å². The highest BCUT2D eigenvalue weighted by Gasteiger charge is 2.30. The van der Waals surface area contributed by atoms with Crippen molar-refractivity contribution in [2.45, 2.75) is 83.0 Å². The number of phenolic OH excluding ortho intramolecular Hbond substituents is 1. The van der Waals surface area contributed by atoms with Gasteiger partial charge in [0.25, 0.3) is 0 Å². The van der Waals surface area contributed by atoms with Crippen molar-refractivity contribution in [1.82, 2.24) is 56.8 Å². The molecule has 0 spiro atoms. The third kappa shape index (κ3) is 26.5. The Morgan fingerprint density at radius 1 is 0.655 bits per heavy atom. The van der Waals surface area contributed by atoms with Gasteiger partial charge in [0.15, 0.2) is 12.2 Å². The summed E-state index contributed by atoms with van der Waals surface area (Å²) in [5.74, 6) is -4.93. The first-order chi connectivity index (χ1) is 41.9. The van der Waals surface area contributed by atoms with Gasteiger partial charge in [0.2, 0.25) is 23.6 Å². The predicted molar refractivity (Wildman–Crippen MR) is 325 cm³/mol. The van der Waals surface area contributed by atoms with Gasteiger partial charge in [0, 0.05) is 110 Å². The van der Waals surface area contributed by atoms with Crippen LogP contribution in [0.1, 0.15) is 80.9 Å². The van der Waals surface area contributed by atoms with E-state index in [9.17, 15) is 63.6 Å². The second-order valence-corrected chi connectivity index (χ2v) is 21.7. The van der Waals surface area contributed by atoms with Crippen LogP contribution in [-0.4, -0.2) is 223 Å². The van der Waals surface area contributed by atoms with Crippen LogP contribution in [0.15, 0.2) is 83.9 Å². The topological polar surface area (TPSA) is 382 Å². The number of aliphatic carboxylic acids is 3. The minimum atomic E-state index is -1.04. The molecule has 3 atom stereocenters. The number of urea groups is 1. The molecule has 1 saturated heterocycles. The van der Waals surface area contributed by atoms with E-state index in [2.05, 4.69) is 47.5 Å². The zero-order chi connectivity index (χ0) is 62.9. The lowest BCUT2D eigenvalue weighted by molar-refractivity contribution is -0.140. The van der Waals surface area contributed by atoms with Gasteiger partial charge in [-0.3, -0.25) is 68.8 Å². The largest absolute Gasteiger partial charge is 0.508 e. The van der Waals surface area contributed by atoms with Crippen molar-refractivity contribution in [2.24, 2.45) is 22.6 Å². The van der Waals surface area contributed by atoms with E-state index in [-0.39, 0.29) is 127 Å². The number of amides is 6. The van der Waals surface area contributed by atoms with Gasteiger partial charge in [-0.1, -0.05) is 61.5 Å². The summed E-state index contributed by atoms with van der Waals surface area (Å²) in [5, 5.41) is 61.8. The van der Waals surface area contributed by atoms with Gasteiger partial charge in [-0.05, 0) is 98.4 Å². The number of hydrogen-bond donors (Lipinski definition) is 13. The Morgan fingerprint density at radius 2 is 1.23 bits per heavy atom. The number of guanidine groups is 1. The summed E-state index contributed by atoms with van der Waals surface area (Å²) >= 11 is 0. The van der Waals surface area contributed by atoms with E-state index in [0.717, 1.165) is 30.4 Å². The molecule has 1 heterocycles. The first-order valence-electron chi connectivity index (χ1n) is 29.8. The molecule has 1 saturated carbocycles. The maximum Gasteiger partial charge on any atom is 0.321 e. The molecule has 2 unspecified atom stereocenters. The van der Waals surface area contributed by atoms with Crippen LogP contribution in [0, 0.1) is 11.8 Å². The molecule has 14 N–H and O–H groups in total. The number of carbonyl (C=O) groups is 9. The maximum absolute atomic E-state index is 14.4. The van der Waals surface area contributed by atoms with Gasteiger partial charge >= 0.3 is 23.9 Å². The highest BCUT2D eigenvalue weighted by atomic mass is 16.4. The normalized spacial score (nSPS) is 17.8. The Hall–Kier alpha value is -8.24. The number of benzene rings is 3. The number of nitrogens with zero attached hydrogens (tertiary/aromatic N) is 5. The van der Waals surface area contributed by atoms with Crippen LogP contribution < -0.4 is 48.3 Å². The highest BCUT2D eigenvalue weighted by molar-refractivity contribution is 5.95. The zero-order valence-electron chi connectivity index (χ0n) is 49.6. The molecule has 6 amide bonds. The molecule has 3 aromatic carbocycles. The SMILES string of the molecule is CCC(=O)NCCNC(=O)NC(N)=NCCC[C@@H](NC(=O)C(c1ccccc1)c1ccc(NCCCNC(=O)C2CCC(CNC(C=O)N3CCN(CC(=O)O)CCN(CC(=O)O)CCN(CC(=O)O)CC3)CC2)cc1)C(=O)NCc1ccc(O)cc1. The summed E-state index contributed by atoms with van der Waals surface area (Å²) in [5.41, 5.74) is 8.87. The van der Waals surface area contributed by atoms with Crippen molar-refractivity contribution in [1.29, 1.82) is 0 Å². The smallest absolute Gasteiger partial charge is 0.321 e. The van der Waals surface area contributed by atoms with Crippen LogP contribution in [-0.2, 0) is 44.9 Å². The second-order valence-electron chi connectivity index (χ2n) is 21.7. The lowest BCUT2D eigenvalue weighted by Gasteiger charge is -2.36. The predicted octanol–water partition coefficient (Wildman–Crippen LogP) is 0.560. The van der Waals surface area contributed by atoms with Crippen molar-refractivity contribution >= 4 is 65.5 Å². The lowest BCUT2D eigenvalue weighted by Crippen LogP contribution is -2.54. The lowest BCUT2D eigenvalue weighted by atomic mass is 9.81. The van der Waals surface area contributed by atoms with Crippen molar-refractivity contribution < 1.29 is 63.6 Å². The second kappa shape index (κ2) is 38.0. The average molecular weight is 1210 g/mol. The van der Waals surface area contributed by atoms with Crippen molar-refractivity contribution in [3.8, 4) is 5.75 Å². The number of anilines is 1. The van der Waals surface area contributed by atoms with Crippen LogP contribution in [0.5, 0.6) is 5.75 Å². The van der Waals surface area contributed by atoms with E-state index in [1.807, 2.05) is 59.5 Å². The number of phenols is 1. The van der Waals surface area contributed by atoms with Gasteiger partial charge in [0.1, 0.15) is 18.0 Å². The van der Waals surface area contributed by atoms with Gasteiger partial charge < -0.3 is 62.9 Å². The van der Waals surface area contributed by atoms with Gasteiger partial charge in [-0.15, -0.1) is 0 Å². The number of aldehydes is 1. The van der Waals surface area contributed by atoms with Gasteiger partial charge in [-0.2, -0.15) is 0 Å². The third-order valence-electron chi connectivity index (χ3n) is 15.2. The minimum Gasteiger partial charge on any atom is -0.508 e. The molecule has 3 aromatic rings. The molecule has 0 radical (unpaired) electrons. The molecule has 87 heavy (non-hydrogen) atoms. The Morgan fingerprint density at radius 3 is 1.80 bits per heavy atom. The standard InChI is InChI=1S/C60H88N14O13/c1-2-51(77)63-26-27-66-60(87)70-59(61)65-23-6-10-49(57(85)68-37-43-13-21-48(76)22-14-43)69-58(86)55(44-8-4-3-5-9-44)45-17-19-47(20-18-45)62-24-7-25-64-56(84)46-15-11-42(12-16-46)36-67-50(41-75)74-34-32-72(39-53(80)81)30-28-71(38-52(78)79)29-31-73(33-35-74)40-54(82)83/h3-5,8-9,13-14,17-22,41-42,46,49-50,55,62,67,76H,2,6-7,10-12,15-16,23-40H2,1H3,(H,63,77)(H,64,84)(H,68,85)(H,69,86)(H,78,79)(H,80,81)(H,82,83)(H4,61,65,66,70,87)/t42?,46?,49-,50?,55?/m1/s1. The highest BCUT2D eigenvalue weighted by Crippen LogP contribution is 2.29. The molecule has 0 bridgehead atoms. The number of rotatable bonds is 32. The molecular formula is C60H88N14O13. The van der Waals surface area contributed by atoms with E-state index in [0.29, 0.717) is 76.0 Å². The maximum atomic E-state index is 14.4.